The van der Waals surface area contributed by atoms with Crippen molar-refractivity contribution in [1.29, 1.82) is 0 Å². The van der Waals surface area contributed by atoms with Crippen molar-refractivity contribution in [2.45, 2.75) is 206 Å². The van der Waals surface area contributed by atoms with E-state index in [2.05, 4.69) is 23.8 Å². The number of nitrogens with zero attached hydrogens (tertiary/aromatic N) is 1. The van der Waals surface area contributed by atoms with Crippen molar-refractivity contribution in [2.24, 2.45) is 4.99 Å². The number of nitrogens with one attached hydrogen (secondary N) is 1. The van der Waals surface area contributed by atoms with Crippen LogP contribution < -0.4 is 0 Å². The Hall–Kier alpha value is -2.31. The molecule has 0 atom stereocenters. The van der Waals surface area contributed by atoms with Crippen molar-refractivity contribution in [3.05, 3.63) is 53.2 Å². The highest BCUT2D eigenvalue weighted by atomic mass is 19.3. The zero-order valence-corrected chi connectivity index (χ0v) is 32.2. The zero-order chi connectivity index (χ0) is 35.5. The van der Waals surface area contributed by atoms with E-state index in [4.69, 9.17) is 9.31 Å². The molecule has 1 aromatic rings. The topological polar surface area (TPSA) is 46.6 Å². The molecular formula is C43H72BF2N2O2-. The Kier molecular flexibility index (Phi) is 22.3. The minimum atomic E-state index is -4.47. The van der Waals surface area contributed by atoms with Gasteiger partial charge in [0.1, 0.15) is 17.2 Å². The molecule has 0 aliphatic carbocycles. The average Bonchev–Trinajstić information content (AvgIpc) is 3.78. The Bertz CT molecular complexity index is 1160. The molecule has 0 spiro atoms. The Morgan fingerprint density at radius 2 is 0.980 bits per heavy atom. The number of aliphatic imine (C=N–C) groups is 1. The molecule has 0 unspecified atom stereocenters. The van der Waals surface area contributed by atoms with E-state index in [0.717, 1.165) is 37.1 Å². The Morgan fingerprint density at radius 3 is 1.46 bits per heavy atom. The molecule has 50 heavy (non-hydrogen) atoms. The molecule has 0 bridgehead atoms. The molecule has 0 saturated heterocycles. The first-order valence-corrected chi connectivity index (χ1v) is 21.3. The number of aromatic nitrogens is 1. The monoisotopic (exact) mass is 698 g/mol. The molecule has 1 N–H and O–H groups in total. The SMILES string of the molecule is CCCCCCCCCCCCCCCCC1=N/C(=C2/C=C(c3ccc(CCCCCCCCCCCCCCCC)[nH]3)O[B-](F)(F)O2)C=C1. The molecule has 0 aromatic carbocycles. The molecule has 0 fully saturated rings. The lowest BCUT2D eigenvalue weighted by molar-refractivity contribution is 0.171. The van der Waals surface area contributed by atoms with Gasteiger partial charge in [0, 0.05) is 17.5 Å². The molecule has 4 nitrogen and oxygen atoms in total. The van der Waals surface area contributed by atoms with Crippen molar-refractivity contribution in [1.82, 2.24) is 4.98 Å². The van der Waals surface area contributed by atoms with Gasteiger partial charge in [0.25, 0.3) is 0 Å². The molecule has 0 saturated carbocycles. The van der Waals surface area contributed by atoms with Crippen molar-refractivity contribution in [2.75, 3.05) is 0 Å². The number of allylic oxidation sites excluding steroid dienone is 3. The van der Waals surface area contributed by atoms with Crippen LogP contribution in [0.5, 0.6) is 0 Å². The van der Waals surface area contributed by atoms with Crippen LogP contribution in [0, 0.1) is 0 Å². The highest BCUT2D eigenvalue weighted by Crippen LogP contribution is 2.34. The Balaban J connectivity index is 1.29. The van der Waals surface area contributed by atoms with Crippen LogP contribution in [0.2, 0.25) is 0 Å². The first-order valence-electron chi connectivity index (χ1n) is 21.3. The molecule has 1 aromatic heterocycles. The fourth-order valence-electron chi connectivity index (χ4n) is 7.20. The van der Waals surface area contributed by atoms with Crippen LogP contribution in [-0.2, 0) is 15.7 Å². The van der Waals surface area contributed by atoms with Crippen molar-refractivity contribution in [3.8, 4) is 0 Å². The van der Waals surface area contributed by atoms with E-state index in [0.29, 0.717) is 11.4 Å². The fraction of sp³-hybridized carbons (Fsp3) is 0.744. The first-order chi connectivity index (χ1) is 24.5. The second-order valence-electron chi connectivity index (χ2n) is 15.1. The molecule has 3 rings (SSSR count). The lowest BCUT2D eigenvalue weighted by Crippen LogP contribution is -2.34. The van der Waals surface area contributed by atoms with Crippen LogP contribution >= 0.6 is 0 Å². The normalized spacial score (nSPS) is 16.8. The highest BCUT2D eigenvalue weighted by molar-refractivity contribution is 6.53. The summed E-state index contributed by atoms with van der Waals surface area (Å²) in [5, 5.41) is 0. The first kappa shape index (κ1) is 42.1. The van der Waals surface area contributed by atoms with E-state index in [1.165, 1.54) is 167 Å². The second kappa shape index (κ2) is 26.5. The van der Waals surface area contributed by atoms with Crippen molar-refractivity contribution in [3.63, 3.8) is 0 Å². The minimum absolute atomic E-state index is 0.0755. The van der Waals surface area contributed by atoms with E-state index in [-0.39, 0.29) is 11.5 Å². The van der Waals surface area contributed by atoms with E-state index in [9.17, 15) is 8.63 Å². The number of rotatable bonds is 31. The van der Waals surface area contributed by atoms with Crippen molar-refractivity contribution < 1.29 is 17.9 Å². The molecule has 0 amide bonds. The van der Waals surface area contributed by atoms with Gasteiger partial charge >= 0.3 is 7.11 Å². The summed E-state index contributed by atoms with van der Waals surface area (Å²) in [6.07, 6.45) is 44.3. The highest BCUT2D eigenvalue weighted by Gasteiger charge is 2.39. The Labute approximate surface area is 305 Å². The van der Waals surface area contributed by atoms with Gasteiger partial charge in [0.2, 0.25) is 0 Å². The number of unbranched alkanes of at least 4 members (excludes halogenated alkanes) is 26. The van der Waals surface area contributed by atoms with Gasteiger partial charge in [0.15, 0.2) is 0 Å². The Morgan fingerprint density at radius 1 is 0.540 bits per heavy atom. The number of aromatic amines is 1. The third-order valence-corrected chi connectivity index (χ3v) is 10.3. The molecule has 0 radical (unpaired) electrons. The summed E-state index contributed by atoms with van der Waals surface area (Å²) in [4.78, 5) is 7.95. The van der Waals surface area contributed by atoms with Crippen LogP contribution in [0.1, 0.15) is 211 Å². The van der Waals surface area contributed by atoms with Gasteiger partial charge in [-0.1, -0.05) is 181 Å². The quantitative estimate of drug-likeness (QED) is 0.0620. The van der Waals surface area contributed by atoms with E-state index in [1.54, 1.807) is 12.2 Å². The van der Waals surface area contributed by atoms with Gasteiger partial charge in [-0.25, -0.2) is 4.99 Å². The summed E-state index contributed by atoms with van der Waals surface area (Å²) in [5.74, 6) is 0.187. The van der Waals surface area contributed by atoms with Crippen LogP contribution in [0.25, 0.3) is 5.76 Å². The molecular weight excluding hydrogens is 625 g/mol. The second-order valence-corrected chi connectivity index (χ2v) is 15.1. The van der Waals surface area contributed by atoms with Crippen LogP contribution in [0.3, 0.4) is 0 Å². The molecule has 2 aliphatic rings. The van der Waals surface area contributed by atoms with Crippen molar-refractivity contribution >= 4 is 18.6 Å². The van der Waals surface area contributed by atoms with Gasteiger partial charge in [-0.3, -0.25) is 0 Å². The van der Waals surface area contributed by atoms with Crippen LogP contribution in [0.4, 0.5) is 8.63 Å². The lowest BCUT2D eigenvalue weighted by Gasteiger charge is -2.34. The van der Waals surface area contributed by atoms with Gasteiger partial charge in [-0.15, -0.1) is 0 Å². The third kappa shape index (κ3) is 18.8. The number of aryl methyl sites for hydroxylation is 1. The van der Waals surface area contributed by atoms with Gasteiger partial charge < -0.3 is 22.9 Å². The summed E-state index contributed by atoms with van der Waals surface area (Å²) < 4.78 is 39.2. The number of H-pyrrole nitrogens is 1. The third-order valence-electron chi connectivity index (χ3n) is 10.3. The predicted octanol–water partition coefficient (Wildman–Crippen LogP) is 14.9. The van der Waals surface area contributed by atoms with E-state index in [1.807, 2.05) is 18.2 Å². The summed E-state index contributed by atoms with van der Waals surface area (Å²) >= 11 is 0. The van der Waals surface area contributed by atoms with E-state index < -0.39 is 7.11 Å². The maximum atomic E-state index is 14.6. The summed E-state index contributed by atoms with van der Waals surface area (Å²) in [6.45, 7) is 4.55. The van der Waals surface area contributed by atoms with Crippen LogP contribution in [0.15, 0.2) is 46.8 Å². The minimum Gasteiger partial charge on any atom is -0.626 e. The number of hydrogen-bond donors (Lipinski definition) is 1. The summed E-state index contributed by atoms with van der Waals surface area (Å²) in [6, 6.07) is 3.82. The maximum absolute atomic E-state index is 14.6. The van der Waals surface area contributed by atoms with Crippen LogP contribution in [-0.4, -0.2) is 17.8 Å². The molecule has 284 valence electrons. The molecule has 2 aliphatic heterocycles. The smallest absolute Gasteiger partial charge is 0.626 e. The van der Waals surface area contributed by atoms with E-state index >= 15 is 0 Å². The maximum Gasteiger partial charge on any atom is 0.726 e. The zero-order valence-electron chi connectivity index (χ0n) is 32.2. The average molecular weight is 698 g/mol. The molecule has 7 heteroatoms. The standard InChI is InChI=1S/C43H72BF2N2O2/c1-3-5-7-9-11-13-15-17-19-21-23-25-27-29-31-38-33-35-40(47-38)42-37-43(50-44(45,46)49-42)41-36-34-39(48-41)32-30-28-26-24-22-20-18-16-14-12-10-8-6-4-2/h33-37,47H,3-32H2,1-2H3/q-1/b43-41-. The number of halogens is 2. The van der Waals surface area contributed by atoms with Gasteiger partial charge in [-0.2, -0.15) is 0 Å². The largest absolute Gasteiger partial charge is 0.726 e. The lowest BCUT2D eigenvalue weighted by atomic mass is 10.0. The predicted molar refractivity (Wildman–Crippen MR) is 211 cm³/mol. The summed E-state index contributed by atoms with van der Waals surface area (Å²) in [5.41, 5.74) is 2.99. The fourth-order valence-corrected chi connectivity index (χ4v) is 7.20. The molecule has 3 heterocycles. The van der Waals surface area contributed by atoms with Gasteiger partial charge in [0.05, 0.1) is 5.69 Å². The summed E-state index contributed by atoms with van der Waals surface area (Å²) in [7, 11) is -4.47. The van der Waals surface area contributed by atoms with Gasteiger partial charge in [-0.05, 0) is 50.0 Å². The number of hydrogen-bond acceptors (Lipinski definition) is 3.